The minimum Gasteiger partial charge on any atom is -0.492 e. The van der Waals surface area contributed by atoms with Crippen LogP contribution in [0.15, 0.2) is 47.5 Å². The van der Waals surface area contributed by atoms with Crippen molar-refractivity contribution in [3.05, 3.63) is 64.8 Å². The average Bonchev–Trinajstić information content (AvgIpc) is 2.70. The van der Waals surface area contributed by atoms with E-state index in [0.717, 1.165) is 22.4 Å². The first kappa shape index (κ1) is 19.3. The van der Waals surface area contributed by atoms with Gasteiger partial charge in [0.05, 0.1) is 17.6 Å². The molecule has 1 heterocycles. The first-order valence-electron chi connectivity index (χ1n) is 8.94. The number of nitrogens with one attached hydrogen (secondary N) is 1. The van der Waals surface area contributed by atoms with Crippen LogP contribution in [0.3, 0.4) is 0 Å². The maximum Gasteiger partial charge on any atom is 0.273 e. The molecular formula is C21H22N4O3. The monoisotopic (exact) mass is 378 g/mol. The SMILES string of the molecule is CNC(=O)c1nc2cc(C)c(C)cc2n(CCOc2ccccc2)c1=NC=O. The number of aryl methyl sites for hydroxylation is 2. The number of benzene rings is 2. The quantitative estimate of drug-likeness (QED) is 0.666. The average molecular weight is 378 g/mol. The van der Waals surface area contributed by atoms with Crippen LogP contribution in [0.25, 0.3) is 11.0 Å². The van der Waals surface area contributed by atoms with Crippen molar-refractivity contribution in [1.82, 2.24) is 14.9 Å². The molecule has 0 bridgehead atoms. The number of hydrogen-bond acceptors (Lipinski definition) is 4. The maximum atomic E-state index is 12.4. The van der Waals surface area contributed by atoms with Gasteiger partial charge in [-0.2, -0.15) is 4.99 Å². The lowest BCUT2D eigenvalue weighted by atomic mass is 10.1. The molecule has 0 spiro atoms. The van der Waals surface area contributed by atoms with E-state index in [1.54, 1.807) is 4.57 Å². The minimum absolute atomic E-state index is 0.102. The number of aromatic nitrogens is 2. The fourth-order valence-corrected chi connectivity index (χ4v) is 2.95. The Kier molecular flexibility index (Phi) is 5.84. The fraction of sp³-hybridized carbons (Fsp3) is 0.238. The Morgan fingerprint density at radius 3 is 2.61 bits per heavy atom. The molecule has 0 saturated carbocycles. The molecule has 7 heteroatoms. The second kappa shape index (κ2) is 8.47. The molecule has 7 nitrogen and oxygen atoms in total. The number of amides is 2. The zero-order valence-electron chi connectivity index (χ0n) is 16.1. The summed E-state index contributed by atoms with van der Waals surface area (Å²) < 4.78 is 7.60. The zero-order valence-corrected chi connectivity index (χ0v) is 16.1. The van der Waals surface area contributed by atoms with Crippen LogP contribution in [0.2, 0.25) is 0 Å². The maximum absolute atomic E-state index is 12.4. The molecule has 0 unspecified atom stereocenters. The third-order valence-electron chi connectivity index (χ3n) is 4.53. The van der Waals surface area contributed by atoms with Gasteiger partial charge >= 0.3 is 0 Å². The van der Waals surface area contributed by atoms with Crippen molar-refractivity contribution in [1.29, 1.82) is 0 Å². The Morgan fingerprint density at radius 1 is 1.21 bits per heavy atom. The van der Waals surface area contributed by atoms with Crippen LogP contribution in [0.4, 0.5) is 0 Å². The zero-order chi connectivity index (χ0) is 20.1. The molecule has 1 N–H and O–H groups in total. The fourth-order valence-electron chi connectivity index (χ4n) is 2.95. The van der Waals surface area contributed by atoms with Gasteiger partial charge in [0.2, 0.25) is 6.41 Å². The highest BCUT2D eigenvalue weighted by atomic mass is 16.5. The number of rotatable bonds is 6. The Hall–Kier alpha value is -3.48. The first-order chi connectivity index (χ1) is 13.5. The van der Waals surface area contributed by atoms with Gasteiger partial charge in [-0.3, -0.25) is 9.59 Å². The summed E-state index contributed by atoms with van der Waals surface area (Å²) in [5.41, 5.74) is 3.90. The Balaban J connectivity index is 2.14. The molecule has 144 valence electrons. The lowest BCUT2D eigenvalue weighted by molar-refractivity contribution is -0.107. The van der Waals surface area contributed by atoms with Crippen molar-refractivity contribution >= 4 is 23.4 Å². The molecule has 2 amide bonds. The van der Waals surface area contributed by atoms with Crippen molar-refractivity contribution in [2.24, 2.45) is 4.99 Å². The van der Waals surface area contributed by atoms with E-state index in [-0.39, 0.29) is 11.2 Å². The summed E-state index contributed by atoms with van der Waals surface area (Å²) in [6.45, 7) is 4.73. The molecule has 0 aliphatic heterocycles. The van der Waals surface area contributed by atoms with Gasteiger partial charge in [-0.25, -0.2) is 4.98 Å². The van der Waals surface area contributed by atoms with Gasteiger partial charge in [-0.15, -0.1) is 0 Å². The lowest BCUT2D eigenvalue weighted by Gasteiger charge is -2.16. The molecule has 28 heavy (non-hydrogen) atoms. The van der Waals surface area contributed by atoms with Gasteiger partial charge in [0, 0.05) is 7.05 Å². The largest absolute Gasteiger partial charge is 0.492 e. The summed E-state index contributed by atoms with van der Waals surface area (Å²) in [6.07, 6.45) is 0.422. The molecular weight excluding hydrogens is 356 g/mol. The predicted octanol–water partition coefficient (Wildman–Crippen LogP) is 2.15. The van der Waals surface area contributed by atoms with E-state index in [1.807, 2.05) is 56.3 Å². The summed E-state index contributed by atoms with van der Waals surface area (Å²) in [4.78, 5) is 31.9. The molecule has 0 atom stereocenters. The van der Waals surface area contributed by atoms with Crippen molar-refractivity contribution < 1.29 is 14.3 Å². The third-order valence-corrected chi connectivity index (χ3v) is 4.53. The smallest absolute Gasteiger partial charge is 0.273 e. The lowest BCUT2D eigenvalue weighted by Crippen LogP contribution is -2.35. The van der Waals surface area contributed by atoms with Gasteiger partial charge in [0.15, 0.2) is 11.2 Å². The Labute approximate surface area is 162 Å². The molecule has 0 aliphatic carbocycles. The summed E-state index contributed by atoms with van der Waals surface area (Å²) >= 11 is 0. The second-order valence-corrected chi connectivity index (χ2v) is 6.34. The number of carbonyl (C=O) groups excluding carboxylic acids is 2. The van der Waals surface area contributed by atoms with Crippen molar-refractivity contribution in [2.45, 2.75) is 20.4 Å². The molecule has 3 aromatic rings. The van der Waals surface area contributed by atoms with Crippen LogP contribution in [-0.2, 0) is 11.3 Å². The standard InChI is InChI=1S/C21H22N4O3/c1-14-11-17-18(12-15(14)2)25(9-10-28-16-7-5-4-6-8-16)20(23-13-26)19(24-17)21(27)22-3/h4-8,11-13H,9-10H2,1-3H3,(H,22,27). The predicted molar refractivity (Wildman–Crippen MR) is 106 cm³/mol. The van der Waals surface area contributed by atoms with Gasteiger partial charge in [0.1, 0.15) is 12.4 Å². The van der Waals surface area contributed by atoms with Crippen molar-refractivity contribution in [3.63, 3.8) is 0 Å². The molecule has 0 aliphatic rings. The Bertz CT molecular complexity index is 1090. The highest BCUT2D eigenvalue weighted by Gasteiger charge is 2.16. The van der Waals surface area contributed by atoms with Gasteiger partial charge in [-0.1, -0.05) is 18.2 Å². The molecule has 1 aromatic heterocycles. The van der Waals surface area contributed by atoms with Crippen molar-refractivity contribution in [3.8, 4) is 5.75 Å². The van der Waals surface area contributed by atoms with Crippen LogP contribution in [0.1, 0.15) is 21.6 Å². The van der Waals surface area contributed by atoms with E-state index in [1.165, 1.54) is 7.05 Å². The van der Waals surface area contributed by atoms with Gasteiger partial charge in [-0.05, 0) is 49.2 Å². The topological polar surface area (TPSA) is 85.6 Å². The number of carbonyl (C=O) groups is 2. The van der Waals surface area contributed by atoms with E-state index >= 15 is 0 Å². The van der Waals surface area contributed by atoms with E-state index in [4.69, 9.17) is 4.74 Å². The summed E-state index contributed by atoms with van der Waals surface area (Å²) in [6, 6.07) is 13.4. The van der Waals surface area contributed by atoms with Crippen LogP contribution in [0.5, 0.6) is 5.75 Å². The third kappa shape index (κ3) is 3.93. The Morgan fingerprint density at radius 2 is 1.93 bits per heavy atom. The highest BCUT2D eigenvalue weighted by Crippen LogP contribution is 2.17. The molecule has 0 saturated heterocycles. The van der Waals surface area contributed by atoms with E-state index in [9.17, 15) is 9.59 Å². The molecule has 0 radical (unpaired) electrons. The second-order valence-electron chi connectivity index (χ2n) is 6.34. The van der Waals surface area contributed by atoms with E-state index in [2.05, 4.69) is 15.3 Å². The number of fused-ring (bicyclic) bond motifs is 1. The highest BCUT2D eigenvalue weighted by molar-refractivity contribution is 5.93. The van der Waals surface area contributed by atoms with E-state index < -0.39 is 5.91 Å². The van der Waals surface area contributed by atoms with Crippen LogP contribution < -0.4 is 15.5 Å². The summed E-state index contributed by atoms with van der Waals surface area (Å²) in [7, 11) is 1.52. The molecule has 3 rings (SSSR count). The van der Waals surface area contributed by atoms with Gasteiger partial charge in [0.25, 0.3) is 5.91 Å². The van der Waals surface area contributed by atoms with Crippen LogP contribution in [-0.4, -0.2) is 35.5 Å². The minimum atomic E-state index is -0.404. The summed E-state index contributed by atoms with van der Waals surface area (Å²) in [5.74, 6) is 0.340. The number of nitrogens with zero attached hydrogens (tertiary/aromatic N) is 3. The first-order valence-corrected chi connectivity index (χ1v) is 8.94. The van der Waals surface area contributed by atoms with Gasteiger partial charge < -0.3 is 14.6 Å². The molecule has 0 fully saturated rings. The number of ether oxygens (including phenoxy) is 1. The molecule has 2 aromatic carbocycles. The number of para-hydroxylation sites is 1. The normalized spacial score (nSPS) is 11.5. The van der Waals surface area contributed by atoms with Crippen LogP contribution in [0, 0.1) is 13.8 Å². The van der Waals surface area contributed by atoms with Crippen molar-refractivity contribution in [2.75, 3.05) is 13.7 Å². The van der Waals surface area contributed by atoms with Crippen LogP contribution >= 0.6 is 0 Å². The number of hydrogen-bond donors (Lipinski definition) is 1. The van der Waals surface area contributed by atoms with E-state index in [0.29, 0.717) is 25.1 Å². The summed E-state index contributed by atoms with van der Waals surface area (Å²) in [5, 5.41) is 2.56.